The predicted molar refractivity (Wildman–Crippen MR) is 152 cm³/mol. The summed E-state index contributed by atoms with van der Waals surface area (Å²) < 4.78 is 20.8. The summed E-state index contributed by atoms with van der Waals surface area (Å²) in [6.45, 7) is 10.1. The van der Waals surface area contributed by atoms with E-state index < -0.39 is 6.10 Å². The summed E-state index contributed by atoms with van der Waals surface area (Å²) in [5.74, 6) is -0.0805. The van der Waals surface area contributed by atoms with Crippen LogP contribution in [0.25, 0.3) is 0 Å². The molecule has 7 nitrogen and oxygen atoms in total. The van der Waals surface area contributed by atoms with Gasteiger partial charge >= 0.3 is 17.4 Å². The van der Waals surface area contributed by atoms with E-state index in [1.54, 1.807) is 54.4 Å². The Morgan fingerprint density at radius 3 is 2.52 bits per heavy atom. The largest absolute Gasteiger partial charge is 2.00 e. The van der Waals surface area contributed by atoms with Crippen molar-refractivity contribution in [2.45, 2.75) is 20.0 Å². The summed E-state index contributed by atoms with van der Waals surface area (Å²) in [7, 11) is 0. The molecule has 1 fully saturated rings. The fourth-order valence-corrected chi connectivity index (χ4v) is 4.18. The van der Waals surface area contributed by atoms with Gasteiger partial charge in [-0.05, 0) is 73.5 Å². The van der Waals surface area contributed by atoms with Gasteiger partial charge < -0.3 is 27.3 Å². The van der Waals surface area contributed by atoms with Crippen molar-refractivity contribution in [2.24, 2.45) is 0 Å². The van der Waals surface area contributed by atoms with Crippen molar-refractivity contribution in [2.75, 3.05) is 38.0 Å². The van der Waals surface area contributed by atoms with Gasteiger partial charge in [-0.3, -0.25) is 21.0 Å². The first-order valence-electron chi connectivity index (χ1n) is 12.5. The number of ether oxygens (including phenoxy) is 1. The quantitative estimate of drug-likeness (QED) is 0.292. The van der Waals surface area contributed by atoms with Gasteiger partial charge in [-0.1, -0.05) is 18.7 Å². The van der Waals surface area contributed by atoms with E-state index in [1.807, 2.05) is 25.5 Å². The van der Waals surface area contributed by atoms with Gasteiger partial charge in [-0.2, -0.15) is 0 Å². The molecule has 40 heavy (non-hydrogen) atoms. The number of anilines is 1. The molecule has 2 heterocycles. The molecule has 2 amide bonds. The normalized spacial score (nSPS) is 14.1. The molecule has 9 heteroatoms. The third-order valence-corrected chi connectivity index (χ3v) is 6.46. The second-order valence-electron chi connectivity index (χ2n) is 9.32. The maximum Gasteiger partial charge on any atom is 2.00 e. The first-order valence-corrected chi connectivity index (χ1v) is 12.5. The van der Waals surface area contributed by atoms with Crippen LogP contribution in [0.3, 0.4) is 0 Å². The van der Waals surface area contributed by atoms with E-state index in [0.717, 1.165) is 5.69 Å². The molecule has 4 rings (SSSR count). The number of nitrogens with zero attached hydrogens (tertiary/aromatic N) is 3. The number of aromatic nitrogens is 1. The number of carbonyl (C=O) groups excluding carboxylic acids is 2. The van der Waals surface area contributed by atoms with Gasteiger partial charge in [0.05, 0.1) is 11.9 Å². The Hall–Kier alpha value is -3.51. The molecule has 1 N–H and O–H groups in total. The third kappa shape index (κ3) is 8.75. The topological polar surface area (TPSA) is 74.8 Å². The van der Waals surface area contributed by atoms with Crippen LogP contribution in [0.5, 0.6) is 5.75 Å². The van der Waals surface area contributed by atoms with E-state index in [4.69, 9.17) is 4.74 Å². The molecule has 3 aromatic rings. The second kappa shape index (κ2) is 15.3. The minimum atomic E-state index is -0.460. The van der Waals surface area contributed by atoms with Crippen LogP contribution >= 0.6 is 0 Å². The number of hydrogen-bond donors (Lipinski definition) is 1. The number of benzene rings is 2. The maximum absolute atomic E-state index is 14.5. The zero-order chi connectivity index (χ0) is 27.1. The molecule has 0 unspecified atom stereocenters. The van der Waals surface area contributed by atoms with Crippen LogP contribution in [-0.2, 0) is 22.2 Å². The summed E-state index contributed by atoms with van der Waals surface area (Å²) in [6, 6.07) is 15.6. The maximum atomic E-state index is 14.5. The molecule has 0 radical (unpaired) electrons. The van der Waals surface area contributed by atoms with E-state index in [2.05, 4.69) is 21.8 Å². The molecule has 2 aromatic carbocycles. The Bertz CT molecular complexity index is 1280. The van der Waals surface area contributed by atoms with Crippen LogP contribution in [-0.4, -0.2) is 59.3 Å². The van der Waals surface area contributed by atoms with Crippen LogP contribution < -0.4 is 10.1 Å². The molecule has 1 atom stereocenters. The average molecular weight is 583 g/mol. The van der Waals surface area contributed by atoms with Gasteiger partial charge in [0.1, 0.15) is 17.7 Å². The van der Waals surface area contributed by atoms with Crippen molar-refractivity contribution >= 4 is 17.5 Å². The number of nitrogens with one attached hydrogen (secondary N) is 1. The van der Waals surface area contributed by atoms with Crippen LogP contribution in [0.2, 0.25) is 0 Å². The predicted octanol–water partition coefficient (Wildman–Crippen LogP) is 5.19. The first-order chi connectivity index (χ1) is 18.3. The number of carbonyl (C=O) groups is 2. The first kappa shape index (κ1) is 32.7. The van der Waals surface area contributed by atoms with Gasteiger partial charge in [-0.15, -0.1) is 13.1 Å². The van der Waals surface area contributed by atoms with Crippen molar-refractivity contribution < 1.29 is 36.1 Å². The van der Waals surface area contributed by atoms with E-state index in [1.165, 1.54) is 12.1 Å². The van der Waals surface area contributed by atoms with Crippen LogP contribution in [0, 0.1) is 33.5 Å². The molecule has 210 valence electrons. The smallest absolute Gasteiger partial charge is 0.484 e. The molecular formula is C31H35CrFN4O3. The molecule has 0 saturated carbocycles. The summed E-state index contributed by atoms with van der Waals surface area (Å²) >= 11 is 0. The van der Waals surface area contributed by atoms with Crippen molar-refractivity contribution in [3.05, 3.63) is 115 Å². The number of amides is 2. The van der Waals surface area contributed by atoms with E-state index >= 15 is 0 Å². The Kier molecular flexibility index (Phi) is 12.5. The molecule has 1 aliphatic heterocycles. The molecule has 0 spiro atoms. The minimum Gasteiger partial charge on any atom is -0.484 e. The van der Waals surface area contributed by atoms with Crippen molar-refractivity contribution in [3.63, 3.8) is 0 Å². The Morgan fingerprint density at radius 1 is 1.12 bits per heavy atom. The fourth-order valence-electron chi connectivity index (χ4n) is 4.18. The minimum absolute atomic E-state index is 0. The van der Waals surface area contributed by atoms with Crippen LogP contribution in [0.15, 0.2) is 73.4 Å². The van der Waals surface area contributed by atoms with E-state index in [-0.39, 0.29) is 42.4 Å². The van der Waals surface area contributed by atoms with E-state index in [0.29, 0.717) is 60.9 Å². The van der Waals surface area contributed by atoms with Crippen molar-refractivity contribution in [1.29, 1.82) is 0 Å². The molecule has 0 bridgehead atoms. The van der Waals surface area contributed by atoms with Crippen molar-refractivity contribution in [3.8, 4) is 5.75 Å². The SMILES string of the molecule is C=CC(=O)N1C[CH-]CN(C[C@@H](Oc2ccc(C(=O)Nc3ccc(C)nc3)cc2)c2ccc(C)c(F)c2)CC1.[CH3-].[Cr+2]. The number of pyridine rings is 1. The standard InChI is InChI=1S/C30H32FN4O3.CH3.Cr/c1-4-29(36)35-15-5-14-34(16-17-35)20-28(24-8-6-21(2)27(31)18-24)38-26-12-9-23(10-13-26)30(37)33-25-11-7-22(3)32-19-25;;/h4-13,18-19,28H,1,14-17,20H2,2-3H3,(H,33,37);1H3;/q2*-1;+2/t28-;;/m1../s1. The third-order valence-electron chi connectivity index (χ3n) is 6.46. The van der Waals surface area contributed by atoms with Gasteiger partial charge in [0.25, 0.3) is 5.91 Å². The molecule has 1 aromatic heterocycles. The summed E-state index contributed by atoms with van der Waals surface area (Å²) in [6.07, 6.45) is 4.52. The van der Waals surface area contributed by atoms with Gasteiger partial charge in [0, 0.05) is 30.9 Å². The monoisotopic (exact) mass is 582 g/mol. The fraction of sp³-hybridized carbons (Fsp3) is 0.258. The Labute approximate surface area is 247 Å². The molecule has 1 aliphatic rings. The molecule has 1 saturated heterocycles. The van der Waals surface area contributed by atoms with Gasteiger partial charge in [-0.25, -0.2) is 4.39 Å². The van der Waals surface area contributed by atoms with Crippen molar-refractivity contribution in [1.82, 2.24) is 14.8 Å². The van der Waals surface area contributed by atoms with E-state index in [9.17, 15) is 14.0 Å². The summed E-state index contributed by atoms with van der Waals surface area (Å²) in [4.78, 5) is 32.8. The molecule has 0 aliphatic carbocycles. The number of rotatable bonds is 8. The summed E-state index contributed by atoms with van der Waals surface area (Å²) in [5.41, 5.74) is 3.24. The van der Waals surface area contributed by atoms with Gasteiger partial charge in [0.15, 0.2) is 0 Å². The zero-order valence-electron chi connectivity index (χ0n) is 23.1. The number of hydrogen-bond acceptors (Lipinski definition) is 5. The summed E-state index contributed by atoms with van der Waals surface area (Å²) in [5, 5.41) is 2.83. The van der Waals surface area contributed by atoms with Gasteiger partial charge in [0.2, 0.25) is 5.91 Å². The zero-order valence-corrected chi connectivity index (χ0v) is 24.4. The number of aryl methyl sites for hydroxylation is 2. The Balaban J connectivity index is 0.00000280. The van der Waals surface area contributed by atoms with Crippen LogP contribution in [0.1, 0.15) is 33.3 Å². The second-order valence-corrected chi connectivity index (χ2v) is 9.32. The Morgan fingerprint density at radius 2 is 1.88 bits per heavy atom. The number of halogens is 1. The average Bonchev–Trinajstić information content (AvgIpc) is 3.16. The van der Waals surface area contributed by atoms with Crippen LogP contribution in [0.4, 0.5) is 10.1 Å². The molecular weight excluding hydrogens is 547 g/mol.